The van der Waals surface area contributed by atoms with Gasteiger partial charge in [0.15, 0.2) is 0 Å². The zero-order valence-electron chi connectivity index (χ0n) is 13.5. The van der Waals surface area contributed by atoms with E-state index >= 15 is 0 Å². The molecule has 122 valence electrons. The maximum Gasteiger partial charge on any atom is 0.255 e. The van der Waals surface area contributed by atoms with Crippen molar-refractivity contribution >= 4 is 11.6 Å². The third-order valence-corrected chi connectivity index (χ3v) is 3.75. The first-order valence-electron chi connectivity index (χ1n) is 8.00. The van der Waals surface area contributed by atoms with Crippen LogP contribution in [0.2, 0.25) is 0 Å². The highest BCUT2D eigenvalue weighted by molar-refractivity contribution is 6.04. The summed E-state index contributed by atoms with van der Waals surface area (Å²) in [5.74, 6) is -0.133. The largest absolute Gasteiger partial charge is 0.322 e. The summed E-state index contributed by atoms with van der Waals surface area (Å²) < 4.78 is 1.54. The molecular formula is C18H19N5O. The van der Waals surface area contributed by atoms with Crippen molar-refractivity contribution in [1.82, 2.24) is 20.2 Å². The molecule has 1 N–H and O–H groups in total. The summed E-state index contributed by atoms with van der Waals surface area (Å²) in [4.78, 5) is 12.4. The molecule has 0 aliphatic heterocycles. The SMILES string of the molecule is CCCCc1ccc(C(=O)Nc2cccc(-n3cnnn3)c2)cc1. The zero-order chi connectivity index (χ0) is 16.8. The van der Waals surface area contributed by atoms with Crippen molar-refractivity contribution in [2.75, 3.05) is 5.32 Å². The van der Waals surface area contributed by atoms with Gasteiger partial charge in [-0.05, 0) is 59.2 Å². The summed E-state index contributed by atoms with van der Waals surface area (Å²) >= 11 is 0. The Balaban J connectivity index is 1.69. The number of benzene rings is 2. The number of tetrazole rings is 1. The predicted molar refractivity (Wildman–Crippen MR) is 92.2 cm³/mol. The molecule has 0 unspecified atom stereocenters. The number of hydrogen-bond donors (Lipinski definition) is 1. The summed E-state index contributed by atoms with van der Waals surface area (Å²) in [6.07, 6.45) is 4.89. The summed E-state index contributed by atoms with van der Waals surface area (Å²) in [5.41, 5.74) is 3.38. The minimum atomic E-state index is -0.133. The highest BCUT2D eigenvalue weighted by atomic mass is 16.1. The first kappa shape index (κ1) is 15.9. The highest BCUT2D eigenvalue weighted by Crippen LogP contribution is 2.15. The lowest BCUT2D eigenvalue weighted by molar-refractivity contribution is 0.102. The molecule has 0 spiro atoms. The Labute approximate surface area is 140 Å². The molecule has 6 nitrogen and oxygen atoms in total. The topological polar surface area (TPSA) is 72.7 Å². The monoisotopic (exact) mass is 321 g/mol. The van der Waals surface area contributed by atoms with E-state index in [0.717, 1.165) is 18.5 Å². The Morgan fingerprint density at radius 1 is 1.17 bits per heavy atom. The van der Waals surface area contributed by atoms with Gasteiger partial charge in [0.1, 0.15) is 6.33 Å². The molecular weight excluding hydrogens is 302 g/mol. The first-order valence-corrected chi connectivity index (χ1v) is 8.00. The van der Waals surface area contributed by atoms with Gasteiger partial charge in [-0.25, -0.2) is 4.68 Å². The minimum Gasteiger partial charge on any atom is -0.322 e. The Morgan fingerprint density at radius 3 is 2.71 bits per heavy atom. The van der Waals surface area contributed by atoms with Crippen LogP contribution in [0.4, 0.5) is 5.69 Å². The van der Waals surface area contributed by atoms with E-state index in [0.29, 0.717) is 11.3 Å². The van der Waals surface area contributed by atoms with E-state index in [1.165, 1.54) is 23.0 Å². The Kier molecular flexibility index (Phi) is 4.96. The number of hydrogen-bond acceptors (Lipinski definition) is 4. The Hall–Kier alpha value is -3.02. The molecule has 1 heterocycles. The van der Waals surface area contributed by atoms with Crippen molar-refractivity contribution in [2.45, 2.75) is 26.2 Å². The molecule has 1 aromatic heterocycles. The van der Waals surface area contributed by atoms with E-state index in [4.69, 9.17) is 0 Å². The second-order valence-electron chi connectivity index (χ2n) is 5.56. The fraction of sp³-hybridized carbons (Fsp3) is 0.222. The van der Waals surface area contributed by atoms with Crippen molar-refractivity contribution in [3.05, 3.63) is 66.0 Å². The van der Waals surface area contributed by atoms with E-state index in [9.17, 15) is 4.79 Å². The zero-order valence-corrected chi connectivity index (χ0v) is 13.5. The van der Waals surface area contributed by atoms with Crippen LogP contribution in [-0.2, 0) is 6.42 Å². The van der Waals surface area contributed by atoms with Gasteiger partial charge in [0, 0.05) is 11.3 Å². The number of amides is 1. The summed E-state index contributed by atoms with van der Waals surface area (Å²) in [6.45, 7) is 2.17. The van der Waals surface area contributed by atoms with Crippen molar-refractivity contribution in [3.63, 3.8) is 0 Å². The Morgan fingerprint density at radius 2 is 2.00 bits per heavy atom. The van der Waals surface area contributed by atoms with Crippen LogP contribution in [0.15, 0.2) is 54.9 Å². The molecule has 0 saturated carbocycles. The summed E-state index contributed by atoms with van der Waals surface area (Å²) in [6, 6.07) is 15.1. The molecule has 0 aliphatic carbocycles. The maximum atomic E-state index is 12.4. The lowest BCUT2D eigenvalue weighted by Gasteiger charge is -2.08. The second kappa shape index (κ2) is 7.50. The van der Waals surface area contributed by atoms with Gasteiger partial charge >= 0.3 is 0 Å². The van der Waals surface area contributed by atoms with Gasteiger partial charge in [0.25, 0.3) is 5.91 Å². The molecule has 0 radical (unpaired) electrons. The van der Waals surface area contributed by atoms with Crippen LogP contribution in [0, 0.1) is 0 Å². The number of aryl methyl sites for hydroxylation is 1. The number of aromatic nitrogens is 4. The van der Waals surface area contributed by atoms with Crippen molar-refractivity contribution in [3.8, 4) is 5.69 Å². The molecule has 1 amide bonds. The average molecular weight is 321 g/mol. The average Bonchev–Trinajstić information content (AvgIpc) is 3.15. The van der Waals surface area contributed by atoms with Gasteiger partial charge in [-0.2, -0.15) is 0 Å². The Bertz CT molecular complexity index is 797. The fourth-order valence-corrected chi connectivity index (χ4v) is 2.41. The van der Waals surface area contributed by atoms with Crippen molar-refractivity contribution < 1.29 is 4.79 Å². The summed E-state index contributed by atoms with van der Waals surface area (Å²) in [5, 5.41) is 14.0. The van der Waals surface area contributed by atoms with E-state index in [2.05, 4.69) is 27.8 Å². The smallest absolute Gasteiger partial charge is 0.255 e. The number of carbonyl (C=O) groups is 1. The molecule has 2 aromatic carbocycles. The maximum absolute atomic E-state index is 12.4. The van der Waals surface area contributed by atoms with Gasteiger partial charge in [0.05, 0.1) is 5.69 Å². The number of unbranched alkanes of at least 4 members (excludes halogenated alkanes) is 1. The number of rotatable bonds is 6. The van der Waals surface area contributed by atoms with E-state index < -0.39 is 0 Å². The standard InChI is InChI=1S/C18H19N5O/c1-2-3-5-14-8-10-15(11-9-14)18(24)20-16-6-4-7-17(12-16)23-13-19-21-22-23/h4,6-13H,2-3,5H2,1H3,(H,20,24). The van der Waals surface area contributed by atoms with Crippen molar-refractivity contribution in [1.29, 1.82) is 0 Å². The number of nitrogens with zero attached hydrogens (tertiary/aromatic N) is 4. The predicted octanol–water partition coefficient (Wildman–Crippen LogP) is 3.26. The molecule has 0 aliphatic rings. The quantitative estimate of drug-likeness (QED) is 0.756. The number of carbonyl (C=O) groups excluding carboxylic acids is 1. The molecule has 24 heavy (non-hydrogen) atoms. The normalized spacial score (nSPS) is 10.5. The molecule has 6 heteroatoms. The molecule has 3 rings (SSSR count). The molecule has 0 fully saturated rings. The molecule has 3 aromatic rings. The first-order chi connectivity index (χ1) is 11.8. The summed E-state index contributed by atoms with van der Waals surface area (Å²) in [7, 11) is 0. The van der Waals surface area contributed by atoms with Gasteiger partial charge in [-0.3, -0.25) is 4.79 Å². The van der Waals surface area contributed by atoms with E-state index in [-0.39, 0.29) is 5.91 Å². The van der Waals surface area contributed by atoms with Crippen LogP contribution >= 0.6 is 0 Å². The van der Waals surface area contributed by atoms with Crippen LogP contribution in [0.5, 0.6) is 0 Å². The van der Waals surface area contributed by atoms with Crippen LogP contribution in [0.3, 0.4) is 0 Å². The van der Waals surface area contributed by atoms with E-state index in [1.54, 1.807) is 0 Å². The van der Waals surface area contributed by atoms with Crippen LogP contribution in [-0.4, -0.2) is 26.1 Å². The molecule has 0 atom stereocenters. The van der Waals surface area contributed by atoms with Gasteiger partial charge in [0.2, 0.25) is 0 Å². The fourth-order valence-electron chi connectivity index (χ4n) is 2.41. The number of nitrogens with one attached hydrogen (secondary N) is 1. The minimum absolute atomic E-state index is 0.133. The second-order valence-corrected chi connectivity index (χ2v) is 5.56. The third-order valence-electron chi connectivity index (χ3n) is 3.75. The lowest BCUT2D eigenvalue weighted by Crippen LogP contribution is -2.12. The molecule has 0 saturated heterocycles. The van der Waals surface area contributed by atoms with Gasteiger partial charge in [-0.1, -0.05) is 31.5 Å². The van der Waals surface area contributed by atoms with Gasteiger partial charge in [-0.15, -0.1) is 5.10 Å². The molecule has 0 bridgehead atoms. The van der Waals surface area contributed by atoms with Crippen LogP contribution in [0.1, 0.15) is 35.7 Å². The third kappa shape index (κ3) is 3.84. The lowest BCUT2D eigenvalue weighted by atomic mass is 10.1. The van der Waals surface area contributed by atoms with Gasteiger partial charge < -0.3 is 5.32 Å². The van der Waals surface area contributed by atoms with Crippen molar-refractivity contribution in [2.24, 2.45) is 0 Å². The number of anilines is 1. The van der Waals surface area contributed by atoms with E-state index in [1.807, 2.05) is 48.5 Å². The van der Waals surface area contributed by atoms with Crippen LogP contribution < -0.4 is 5.32 Å². The van der Waals surface area contributed by atoms with Crippen LogP contribution in [0.25, 0.3) is 5.69 Å². The highest BCUT2D eigenvalue weighted by Gasteiger charge is 2.07.